The van der Waals surface area contributed by atoms with Crippen molar-refractivity contribution in [2.24, 2.45) is 5.41 Å². The van der Waals surface area contributed by atoms with Crippen molar-refractivity contribution in [1.29, 1.82) is 0 Å². The smallest absolute Gasteiger partial charge is 0.241 e. The first kappa shape index (κ1) is 24.1. The largest absolute Gasteiger partial charge is 0.309 e. The van der Waals surface area contributed by atoms with Gasteiger partial charge in [-0.25, -0.2) is 13.1 Å². The van der Waals surface area contributed by atoms with Gasteiger partial charge in [-0.15, -0.1) is 0 Å². The molecule has 4 nitrogen and oxygen atoms in total. The van der Waals surface area contributed by atoms with Crippen molar-refractivity contribution in [3.05, 3.63) is 28.8 Å². The summed E-state index contributed by atoms with van der Waals surface area (Å²) in [5.41, 5.74) is 2.89. The molecular formula is C22H40N2O2S. The molecular weight excluding hydrogens is 356 g/mol. The van der Waals surface area contributed by atoms with E-state index in [4.69, 9.17) is 0 Å². The van der Waals surface area contributed by atoms with E-state index in [1.54, 1.807) is 0 Å². The second-order valence-electron chi connectivity index (χ2n) is 9.72. The minimum Gasteiger partial charge on any atom is -0.309 e. The molecule has 0 spiro atoms. The minimum absolute atomic E-state index is 0.141. The molecule has 1 rings (SSSR count). The Bertz CT molecular complexity index is 704. The van der Waals surface area contributed by atoms with Gasteiger partial charge in [0.25, 0.3) is 0 Å². The molecule has 0 aliphatic rings. The molecule has 0 atom stereocenters. The predicted molar refractivity (Wildman–Crippen MR) is 116 cm³/mol. The molecule has 0 amide bonds. The van der Waals surface area contributed by atoms with Crippen LogP contribution in [0, 0.1) is 5.41 Å². The summed E-state index contributed by atoms with van der Waals surface area (Å²) in [6, 6.07) is 4.17. The molecule has 0 fully saturated rings. The molecule has 0 aromatic heterocycles. The molecule has 5 heteroatoms. The van der Waals surface area contributed by atoms with Gasteiger partial charge in [0, 0.05) is 13.1 Å². The van der Waals surface area contributed by atoms with Crippen LogP contribution in [0.1, 0.15) is 89.8 Å². The van der Waals surface area contributed by atoms with E-state index >= 15 is 0 Å². The predicted octanol–water partition coefficient (Wildman–Crippen LogP) is 4.92. The Hall–Kier alpha value is -0.910. The lowest BCUT2D eigenvalue weighted by molar-refractivity contribution is 0.242. The van der Waals surface area contributed by atoms with Crippen molar-refractivity contribution >= 4 is 10.0 Å². The fraction of sp³-hybridized carbons (Fsp3) is 0.727. The Morgan fingerprint density at radius 1 is 0.926 bits per heavy atom. The maximum Gasteiger partial charge on any atom is 0.241 e. The van der Waals surface area contributed by atoms with E-state index < -0.39 is 10.0 Å². The lowest BCUT2D eigenvalue weighted by Gasteiger charge is -2.29. The lowest BCUT2D eigenvalue weighted by Crippen LogP contribution is -2.40. The number of benzene rings is 1. The molecule has 0 aliphatic heterocycles. The number of sulfonamides is 1. The quantitative estimate of drug-likeness (QED) is 0.644. The van der Waals surface area contributed by atoms with E-state index in [0.29, 0.717) is 17.4 Å². The van der Waals surface area contributed by atoms with Crippen LogP contribution in [-0.4, -0.2) is 40.5 Å². The molecule has 1 aromatic carbocycles. The topological polar surface area (TPSA) is 49.4 Å². The second-order valence-corrected chi connectivity index (χ2v) is 11.4. The van der Waals surface area contributed by atoms with Crippen LogP contribution in [0.25, 0.3) is 0 Å². The highest BCUT2D eigenvalue weighted by molar-refractivity contribution is 7.89. The van der Waals surface area contributed by atoms with Crippen LogP contribution in [0.5, 0.6) is 0 Å². The third-order valence-electron chi connectivity index (χ3n) is 4.83. The zero-order valence-corrected chi connectivity index (χ0v) is 19.8. The molecule has 1 aromatic rings. The molecule has 0 aliphatic carbocycles. The summed E-state index contributed by atoms with van der Waals surface area (Å²) in [4.78, 5) is 2.57. The van der Waals surface area contributed by atoms with Crippen LogP contribution in [0.2, 0.25) is 0 Å². The molecule has 0 unspecified atom stereocenters. The van der Waals surface area contributed by atoms with Gasteiger partial charge < -0.3 is 4.90 Å². The summed E-state index contributed by atoms with van der Waals surface area (Å²) in [6.45, 7) is 18.0. The molecule has 0 radical (unpaired) electrons. The second kappa shape index (κ2) is 9.06. The van der Waals surface area contributed by atoms with E-state index in [1.807, 2.05) is 14.1 Å². The van der Waals surface area contributed by atoms with Crippen molar-refractivity contribution in [2.45, 2.75) is 78.0 Å². The van der Waals surface area contributed by atoms with Gasteiger partial charge in [0.1, 0.15) is 0 Å². The summed E-state index contributed by atoms with van der Waals surface area (Å²) >= 11 is 0. The summed E-state index contributed by atoms with van der Waals surface area (Å²) in [7, 11) is 0.426. The Morgan fingerprint density at radius 3 is 1.70 bits per heavy atom. The number of hydrogen-bond donors (Lipinski definition) is 1. The van der Waals surface area contributed by atoms with Gasteiger partial charge in [-0.1, -0.05) is 67.5 Å². The van der Waals surface area contributed by atoms with Crippen molar-refractivity contribution in [3.8, 4) is 0 Å². The standard InChI is InChI=1S/C22H40N2O2S/c1-15(2)18-11-19(16(3)4)21(20(12-18)17(5)6)27(25,26)23-13-22(7,8)14-24(9)10/h11-12,15-17,23H,13-14H2,1-10H3. The Kier molecular flexibility index (Phi) is 8.10. The van der Waals surface area contributed by atoms with E-state index in [-0.39, 0.29) is 17.3 Å². The van der Waals surface area contributed by atoms with Gasteiger partial charge in [0.15, 0.2) is 0 Å². The van der Waals surface area contributed by atoms with E-state index in [9.17, 15) is 8.42 Å². The van der Waals surface area contributed by atoms with Crippen LogP contribution in [0.4, 0.5) is 0 Å². The molecule has 0 saturated heterocycles. The van der Waals surface area contributed by atoms with Crippen molar-refractivity contribution in [2.75, 3.05) is 27.2 Å². The van der Waals surface area contributed by atoms with Crippen LogP contribution >= 0.6 is 0 Å². The fourth-order valence-corrected chi connectivity index (χ4v) is 5.41. The zero-order chi connectivity index (χ0) is 21.2. The average Bonchev–Trinajstić information content (AvgIpc) is 2.50. The van der Waals surface area contributed by atoms with Crippen LogP contribution in [0.3, 0.4) is 0 Å². The average molecular weight is 397 g/mol. The third-order valence-corrected chi connectivity index (χ3v) is 6.37. The Balaban J connectivity index is 3.44. The van der Waals surface area contributed by atoms with Gasteiger partial charge in [0.05, 0.1) is 4.90 Å². The van der Waals surface area contributed by atoms with Crippen LogP contribution < -0.4 is 4.72 Å². The Morgan fingerprint density at radius 2 is 1.37 bits per heavy atom. The zero-order valence-electron chi connectivity index (χ0n) is 19.0. The van der Waals surface area contributed by atoms with E-state index in [0.717, 1.165) is 17.7 Å². The van der Waals surface area contributed by atoms with Gasteiger partial charge >= 0.3 is 0 Å². The summed E-state index contributed by atoms with van der Waals surface area (Å²) in [6.07, 6.45) is 0. The van der Waals surface area contributed by atoms with E-state index in [1.165, 1.54) is 5.56 Å². The van der Waals surface area contributed by atoms with Crippen molar-refractivity contribution in [3.63, 3.8) is 0 Å². The van der Waals surface area contributed by atoms with Gasteiger partial charge in [0.2, 0.25) is 10.0 Å². The van der Waals surface area contributed by atoms with Crippen LogP contribution in [-0.2, 0) is 10.0 Å². The first-order chi connectivity index (χ1) is 12.2. The highest BCUT2D eigenvalue weighted by Gasteiger charge is 2.29. The van der Waals surface area contributed by atoms with Crippen molar-refractivity contribution in [1.82, 2.24) is 9.62 Å². The lowest BCUT2D eigenvalue weighted by atomic mass is 9.89. The SMILES string of the molecule is CC(C)c1cc(C(C)C)c(S(=O)(=O)NCC(C)(C)CN(C)C)c(C(C)C)c1. The molecule has 0 heterocycles. The fourth-order valence-electron chi connectivity index (χ4n) is 3.47. The number of nitrogens with one attached hydrogen (secondary N) is 1. The van der Waals surface area contributed by atoms with Gasteiger partial charge in [-0.3, -0.25) is 0 Å². The maximum atomic E-state index is 13.4. The Labute approximate surface area is 167 Å². The number of hydrogen-bond acceptors (Lipinski definition) is 3. The molecule has 0 bridgehead atoms. The number of nitrogens with zero attached hydrogens (tertiary/aromatic N) is 1. The number of rotatable bonds is 9. The molecule has 0 saturated carbocycles. The van der Waals surface area contributed by atoms with Crippen LogP contribution in [0.15, 0.2) is 17.0 Å². The maximum absolute atomic E-state index is 13.4. The van der Waals surface area contributed by atoms with E-state index in [2.05, 4.69) is 77.1 Å². The molecule has 156 valence electrons. The van der Waals surface area contributed by atoms with Gasteiger partial charge in [-0.05, 0) is 54.0 Å². The summed E-state index contributed by atoms with van der Waals surface area (Å²) < 4.78 is 29.6. The monoisotopic (exact) mass is 396 g/mol. The third kappa shape index (κ3) is 6.58. The highest BCUT2D eigenvalue weighted by Crippen LogP contribution is 2.35. The van der Waals surface area contributed by atoms with Gasteiger partial charge in [-0.2, -0.15) is 0 Å². The first-order valence-electron chi connectivity index (χ1n) is 10.00. The molecule has 1 N–H and O–H groups in total. The summed E-state index contributed by atoms with van der Waals surface area (Å²) in [5.74, 6) is 0.647. The minimum atomic E-state index is -3.59. The molecule has 27 heavy (non-hydrogen) atoms. The van der Waals surface area contributed by atoms with Crippen molar-refractivity contribution < 1.29 is 8.42 Å². The first-order valence-corrected chi connectivity index (χ1v) is 11.5. The summed E-state index contributed by atoms with van der Waals surface area (Å²) in [5, 5.41) is 0. The normalized spacial score (nSPS) is 13.4. The highest BCUT2D eigenvalue weighted by atomic mass is 32.2.